The standard InChI is InChI=1S/C16H20ClN5O2S/c1-4-10(2)18-15(24)19-13(23)9-25-16-21-20-14(22(16)3)11-7-5-6-8-12(11)17/h5-8,10H,4,9H2,1-3H3,(H2,18,19,23,24)/t10-/m1/s1. The molecule has 25 heavy (non-hydrogen) atoms. The van der Waals surface area contributed by atoms with Crippen molar-refractivity contribution in [3.63, 3.8) is 0 Å². The van der Waals surface area contributed by atoms with Gasteiger partial charge in [-0.05, 0) is 25.5 Å². The SMILES string of the molecule is CC[C@@H](C)NC(=O)NC(=O)CSc1nnc(-c2ccccc2Cl)n1C. The van der Waals surface area contributed by atoms with E-state index in [9.17, 15) is 9.59 Å². The molecule has 0 spiro atoms. The second-order valence-corrected chi connectivity index (χ2v) is 6.81. The molecule has 134 valence electrons. The summed E-state index contributed by atoms with van der Waals surface area (Å²) in [5.41, 5.74) is 0.767. The van der Waals surface area contributed by atoms with Crippen molar-refractivity contribution in [2.75, 3.05) is 5.75 Å². The molecule has 2 rings (SSSR count). The minimum atomic E-state index is -0.491. The molecule has 1 atom stereocenters. The van der Waals surface area contributed by atoms with Gasteiger partial charge in [0.2, 0.25) is 5.91 Å². The molecule has 0 radical (unpaired) electrons. The van der Waals surface area contributed by atoms with Crippen LogP contribution in [0.15, 0.2) is 29.4 Å². The maximum absolute atomic E-state index is 11.9. The van der Waals surface area contributed by atoms with E-state index in [2.05, 4.69) is 20.8 Å². The Morgan fingerprint density at radius 1 is 1.32 bits per heavy atom. The molecule has 0 unspecified atom stereocenters. The number of imide groups is 1. The van der Waals surface area contributed by atoms with Crippen LogP contribution in [-0.4, -0.2) is 38.5 Å². The molecular formula is C16H20ClN5O2S. The summed E-state index contributed by atoms with van der Waals surface area (Å²) in [6.07, 6.45) is 0.792. The summed E-state index contributed by atoms with van der Waals surface area (Å²) in [7, 11) is 1.80. The van der Waals surface area contributed by atoms with Crippen molar-refractivity contribution in [2.24, 2.45) is 7.05 Å². The predicted molar refractivity (Wildman–Crippen MR) is 98.6 cm³/mol. The number of aromatic nitrogens is 3. The number of nitrogens with one attached hydrogen (secondary N) is 2. The second kappa shape index (κ2) is 8.87. The molecule has 0 saturated heterocycles. The summed E-state index contributed by atoms with van der Waals surface area (Å²) in [4.78, 5) is 23.5. The number of carbonyl (C=O) groups is 2. The fraction of sp³-hybridized carbons (Fsp3) is 0.375. The minimum Gasteiger partial charge on any atom is -0.335 e. The van der Waals surface area contributed by atoms with Crippen molar-refractivity contribution in [1.82, 2.24) is 25.4 Å². The molecule has 2 N–H and O–H groups in total. The number of amides is 3. The lowest BCUT2D eigenvalue weighted by Gasteiger charge is -2.11. The first kappa shape index (κ1) is 19.3. The zero-order valence-corrected chi connectivity index (χ0v) is 15.8. The number of benzene rings is 1. The molecule has 0 aliphatic rings. The molecule has 0 aliphatic heterocycles. The van der Waals surface area contributed by atoms with Gasteiger partial charge >= 0.3 is 6.03 Å². The lowest BCUT2D eigenvalue weighted by molar-refractivity contribution is -0.117. The van der Waals surface area contributed by atoms with E-state index in [1.807, 2.05) is 32.0 Å². The van der Waals surface area contributed by atoms with E-state index in [0.29, 0.717) is 16.0 Å². The van der Waals surface area contributed by atoms with E-state index >= 15 is 0 Å². The van der Waals surface area contributed by atoms with E-state index in [1.54, 1.807) is 17.7 Å². The molecule has 2 aromatic rings. The first-order chi connectivity index (χ1) is 11.9. The van der Waals surface area contributed by atoms with Crippen LogP contribution in [0.25, 0.3) is 11.4 Å². The molecule has 3 amide bonds. The number of thioether (sulfide) groups is 1. The second-order valence-electron chi connectivity index (χ2n) is 5.46. The molecule has 1 aromatic carbocycles. The van der Waals surface area contributed by atoms with Crippen LogP contribution in [0.5, 0.6) is 0 Å². The molecule has 0 fully saturated rings. The highest BCUT2D eigenvalue weighted by Crippen LogP contribution is 2.28. The largest absolute Gasteiger partial charge is 0.335 e. The van der Waals surface area contributed by atoms with Gasteiger partial charge in [0.25, 0.3) is 0 Å². The van der Waals surface area contributed by atoms with Crippen molar-refractivity contribution in [1.29, 1.82) is 0 Å². The van der Waals surface area contributed by atoms with Crippen LogP contribution in [0.4, 0.5) is 4.79 Å². The van der Waals surface area contributed by atoms with Gasteiger partial charge in [-0.3, -0.25) is 10.1 Å². The van der Waals surface area contributed by atoms with Gasteiger partial charge in [0.15, 0.2) is 11.0 Å². The first-order valence-electron chi connectivity index (χ1n) is 7.79. The molecular weight excluding hydrogens is 362 g/mol. The van der Waals surface area contributed by atoms with Gasteiger partial charge in [0.1, 0.15) is 0 Å². The summed E-state index contributed by atoms with van der Waals surface area (Å²) >= 11 is 7.38. The zero-order chi connectivity index (χ0) is 18.4. The van der Waals surface area contributed by atoms with Gasteiger partial charge in [-0.2, -0.15) is 0 Å². The van der Waals surface area contributed by atoms with E-state index in [4.69, 9.17) is 11.6 Å². The summed E-state index contributed by atoms with van der Waals surface area (Å²) in [5, 5.41) is 14.3. The van der Waals surface area contributed by atoms with Gasteiger partial charge in [-0.25, -0.2) is 4.79 Å². The molecule has 1 heterocycles. The van der Waals surface area contributed by atoms with E-state index in [1.165, 1.54) is 11.8 Å². The predicted octanol–water partition coefficient (Wildman–Crippen LogP) is 2.85. The fourth-order valence-electron chi connectivity index (χ4n) is 1.97. The number of hydrogen-bond acceptors (Lipinski definition) is 5. The van der Waals surface area contributed by atoms with Crippen molar-refractivity contribution in [3.05, 3.63) is 29.3 Å². The number of halogens is 1. The van der Waals surface area contributed by atoms with Crippen molar-refractivity contribution < 1.29 is 9.59 Å². The third kappa shape index (κ3) is 5.20. The van der Waals surface area contributed by atoms with E-state index in [-0.39, 0.29) is 11.8 Å². The van der Waals surface area contributed by atoms with E-state index in [0.717, 1.165) is 12.0 Å². The smallest absolute Gasteiger partial charge is 0.321 e. The quantitative estimate of drug-likeness (QED) is 0.751. The van der Waals surface area contributed by atoms with Gasteiger partial charge in [-0.15, -0.1) is 10.2 Å². The lowest BCUT2D eigenvalue weighted by atomic mass is 10.2. The zero-order valence-electron chi connectivity index (χ0n) is 14.2. The Bertz CT molecular complexity index is 765. The van der Waals surface area contributed by atoms with Crippen LogP contribution < -0.4 is 10.6 Å². The van der Waals surface area contributed by atoms with Crippen molar-refractivity contribution in [2.45, 2.75) is 31.5 Å². The number of nitrogens with zero attached hydrogens (tertiary/aromatic N) is 3. The maximum Gasteiger partial charge on any atom is 0.321 e. The highest BCUT2D eigenvalue weighted by Gasteiger charge is 2.16. The van der Waals surface area contributed by atoms with Crippen LogP contribution in [0.1, 0.15) is 20.3 Å². The average molecular weight is 382 g/mol. The number of rotatable bonds is 6. The summed E-state index contributed by atoms with van der Waals surface area (Å²) < 4.78 is 1.76. The number of urea groups is 1. The van der Waals surface area contributed by atoms with Gasteiger partial charge in [-0.1, -0.05) is 42.4 Å². The summed E-state index contributed by atoms with van der Waals surface area (Å²) in [6.45, 7) is 3.82. The highest BCUT2D eigenvalue weighted by atomic mass is 35.5. The third-order valence-electron chi connectivity index (χ3n) is 3.52. The van der Waals surface area contributed by atoms with E-state index < -0.39 is 11.9 Å². The van der Waals surface area contributed by atoms with Gasteiger partial charge < -0.3 is 9.88 Å². The third-order valence-corrected chi connectivity index (χ3v) is 4.87. The Kier molecular flexibility index (Phi) is 6.83. The molecule has 1 aromatic heterocycles. The fourth-order valence-corrected chi connectivity index (χ4v) is 2.90. The molecule has 7 nitrogen and oxygen atoms in total. The topological polar surface area (TPSA) is 88.9 Å². The Morgan fingerprint density at radius 3 is 2.72 bits per heavy atom. The highest BCUT2D eigenvalue weighted by molar-refractivity contribution is 7.99. The molecule has 0 saturated carbocycles. The van der Waals surface area contributed by atoms with Crippen molar-refractivity contribution >= 4 is 35.3 Å². The maximum atomic E-state index is 11.9. The number of carbonyl (C=O) groups excluding carboxylic acids is 2. The van der Waals surface area contributed by atoms with Crippen LogP contribution in [0.3, 0.4) is 0 Å². The monoisotopic (exact) mass is 381 g/mol. The summed E-state index contributed by atoms with van der Waals surface area (Å²) in [6, 6.07) is 6.86. The van der Waals surface area contributed by atoms with Crippen LogP contribution in [0, 0.1) is 0 Å². The molecule has 9 heteroatoms. The first-order valence-corrected chi connectivity index (χ1v) is 9.16. The minimum absolute atomic E-state index is 0.0115. The van der Waals surface area contributed by atoms with Gasteiger partial charge in [0, 0.05) is 18.7 Å². The lowest BCUT2D eigenvalue weighted by Crippen LogP contribution is -2.43. The summed E-state index contributed by atoms with van der Waals surface area (Å²) in [5.74, 6) is 0.277. The Labute approximate surface area is 155 Å². The average Bonchev–Trinajstić information content (AvgIpc) is 2.93. The Morgan fingerprint density at radius 2 is 2.04 bits per heavy atom. The van der Waals surface area contributed by atoms with Crippen LogP contribution in [-0.2, 0) is 11.8 Å². The van der Waals surface area contributed by atoms with Crippen molar-refractivity contribution in [3.8, 4) is 11.4 Å². The number of hydrogen-bond donors (Lipinski definition) is 2. The van der Waals surface area contributed by atoms with Gasteiger partial charge in [0.05, 0.1) is 10.8 Å². The van der Waals surface area contributed by atoms with Crippen LogP contribution in [0.2, 0.25) is 5.02 Å². The Balaban J connectivity index is 1.95. The van der Waals surface area contributed by atoms with Crippen LogP contribution >= 0.6 is 23.4 Å². The molecule has 0 bridgehead atoms. The molecule has 0 aliphatic carbocycles. The normalized spacial score (nSPS) is 11.8. The Hall–Kier alpha value is -2.06.